The van der Waals surface area contributed by atoms with E-state index in [0.29, 0.717) is 0 Å². The number of hydrogen-bond acceptors (Lipinski definition) is 2. The van der Waals surface area contributed by atoms with Crippen LogP contribution in [0.2, 0.25) is 0 Å². The molecule has 0 aromatic heterocycles. The molecule has 0 heterocycles. The van der Waals surface area contributed by atoms with Gasteiger partial charge in [-0.15, -0.1) is 0 Å². The Morgan fingerprint density at radius 3 is 2.26 bits per heavy atom. The van der Waals surface area contributed by atoms with Gasteiger partial charge in [0.2, 0.25) is 0 Å². The third-order valence-electron chi connectivity index (χ3n) is 4.26. The van der Waals surface area contributed by atoms with E-state index in [-0.39, 0.29) is 18.1 Å². The van der Waals surface area contributed by atoms with E-state index in [1.807, 2.05) is 0 Å². The molecule has 0 radical (unpaired) electrons. The third-order valence-corrected chi connectivity index (χ3v) is 4.26. The van der Waals surface area contributed by atoms with Gasteiger partial charge in [0, 0.05) is 12.1 Å². The van der Waals surface area contributed by atoms with E-state index in [2.05, 4.69) is 17.6 Å². The fraction of sp³-hybridized carbons (Fsp3) is 0.857. The summed E-state index contributed by atoms with van der Waals surface area (Å²) in [7, 11) is 0. The monoisotopic (exact) mass is 270 g/mol. The minimum atomic E-state index is -0.892. The number of carbonyl (C=O) groups is 2. The molecule has 19 heavy (non-hydrogen) atoms. The van der Waals surface area contributed by atoms with Crippen LogP contribution in [0.25, 0.3) is 0 Å². The molecular formula is C14H26N2O3. The normalized spacial score (nSPS) is 26.3. The predicted molar refractivity (Wildman–Crippen MR) is 74.0 cm³/mol. The van der Waals surface area contributed by atoms with Crippen molar-refractivity contribution in [3.8, 4) is 0 Å². The van der Waals surface area contributed by atoms with Crippen LogP contribution in [0.4, 0.5) is 4.79 Å². The first-order chi connectivity index (χ1) is 8.93. The summed E-state index contributed by atoms with van der Waals surface area (Å²) in [4.78, 5) is 22.6. The second-order valence-electron chi connectivity index (χ2n) is 5.66. The molecule has 1 rings (SSSR count). The number of nitrogens with one attached hydrogen (secondary N) is 2. The van der Waals surface area contributed by atoms with Crippen molar-refractivity contribution in [3.63, 3.8) is 0 Å². The van der Waals surface area contributed by atoms with Gasteiger partial charge in [-0.05, 0) is 45.4 Å². The van der Waals surface area contributed by atoms with Crippen molar-refractivity contribution in [1.82, 2.24) is 10.6 Å². The summed E-state index contributed by atoms with van der Waals surface area (Å²) in [6.07, 6.45) is 5.60. The number of amides is 2. The highest BCUT2D eigenvalue weighted by Crippen LogP contribution is 2.26. The summed E-state index contributed by atoms with van der Waals surface area (Å²) in [5, 5.41) is 14.5. The van der Waals surface area contributed by atoms with E-state index in [9.17, 15) is 9.59 Å². The van der Waals surface area contributed by atoms with Crippen LogP contribution in [-0.2, 0) is 4.79 Å². The lowest BCUT2D eigenvalue weighted by molar-refractivity contribution is -0.141. The number of aliphatic carboxylic acids is 1. The molecule has 3 N–H and O–H groups in total. The van der Waals surface area contributed by atoms with Crippen LogP contribution in [0.1, 0.15) is 52.9 Å². The highest BCUT2D eigenvalue weighted by molar-refractivity contribution is 5.76. The van der Waals surface area contributed by atoms with Crippen molar-refractivity contribution < 1.29 is 14.7 Å². The third kappa shape index (κ3) is 5.09. The Balaban J connectivity index is 2.30. The first-order valence-corrected chi connectivity index (χ1v) is 7.23. The molecular weight excluding hydrogens is 244 g/mol. The lowest BCUT2D eigenvalue weighted by Crippen LogP contribution is -2.49. The minimum Gasteiger partial charge on any atom is -0.481 e. The van der Waals surface area contributed by atoms with Gasteiger partial charge in [-0.3, -0.25) is 4.79 Å². The van der Waals surface area contributed by atoms with E-state index in [1.165, 1.54) is 19.3 Å². The van der Waals surface area contributed by atoms with Crippen LogP contribution in [-0.4, -0.2) is 29.2 Å². The molecule has 1 aliphatic rings. The van der Waals surface area contributed by atoms with E-state index in [4.69, 9.17) is 5.11 Å². The van der Waals surface area contributed by atoms with Gasteiger partial charge < -0.3 is 15.7 Å². The molecule has 1 fully saturated rings. The number of carboxylic acid groups (broad SMARTS) is 1. The quantitative estimate of drug-likeness (QED) is 0.717. The average Bonchev–Trinajstić information content (AvgIpc) is 2.38. The first-order valence-electron chi connectivity index (χ1n) is 7.23. The van der Waals surface area contributed by atoms with Crippen LogP contribution in [0.15, 0.2) is 0 Å². The molecule has 2 amide bonds. The molecule has 0 bridgehead atoms. The van der Waals surface area contributed by atoms with Crippen molar-refractivity contribution >= 4 is 12.0 Å². The Morgan fingerprint density at radius 2 is 1.79 bits per heavy atom. The molecule has 5 heteroatoms. The Hall–Kier alpha value is -1.26. The number of carboxylic acids is 1. The SMILES string of the molecule is CCC1CCC(NC(=O)NC(C)C(C)C(=O)O)CC1. The fourth-order valence-corrected chi connectivity index (χ4v) is 2.49. The Morgan fingerprint density at radius 1 is 1.21 bits per heavy atom. The molecule has 0 aromatic rings. The molecule has 0 saturated heterocycles. The predicted octanol–water partition coefficient (Wildman–Crippen LogP) is 2.36. The zero-order chi connectivity index (χ0) is 14.4. The van der Waals surface area contributed by atoms with Crippen molar-refractivity contribution in [2.24, 2.45) is 11.8 Å². The van der Waals surface area contributed by atoms with Crippen molar-refractivity contribution in [3.05, 3.63) is 0 Å². The summed E-state index contributed by atoms with van der Waals surface area (Å²) in [5.41, 5.74) is 0. The fourth-order valence-electron chi connectivity index (χ4n) is 2.49. The molecule has 0 aromatic carbocycles. The molecule has 2 unspecified atom stereocenters. The zero-order valence-electron chi connectivity index (χ0n) is 12.1. The minimum absolute atomic E-state index is 0.232. The van der Waals surface area contributed by atoms with E-state index < -0.39 is 11.9 Å². The lowest BCUT2D eigenvalue weighted by Gasteiger charge is -2.29. The van der Waals surface area contributed by atoms with E-state index >= 15 is 0 Å². The van der Waals surface area contributed by atoms with Gasteiger partial charge in [-0.1, -0.05) is 13.3 Å². The van der Waals surface area contributed by atoms with Gasteiger partial charge in [0.05, 0.1) is 5.92 Å². The smallest absolute Gasteiger partial charge is 0.315 e. The average molecular weight is 270 g/mol. The summed E-state index contributed by atoms with van der Waals surface area (Å²) in [6, 6.07) is -0.389. The van der Waals surface area contributed by atoms with Gasteiger partial charge in [0.25, 0.3) is 0 Å². The number of rotatable bonds is 5. The highest BCUT2D eigenvalue weighted by Gasteiger charge is 2.24. The van der Waals surface area contributed by atoms with Crippen LogP contribution in [0, 0.1) is 11.8 Å². The standard InChI is InChI=1S/C14H26N2O3/c1-4-11-5-7-12(8-6-11)16-14(19)15-10(3)9(2)13(17)18/h9-12H,4-8H2,1-3H3,(H,17,18)(H2,15,16,19). The van der Waals surface area contributed by atoms with Crippen LogP contribution in [0.3, 0.4) is 0 Å². The van der Waals surface area contributed by atoms with E-state index in [1.54, 1.807) is 13.8 Å². The Labute approximate surface area is 115 Å². The van der Waals surface area contributed by atoms with Gasteiger partial charge in [0.15, 0.2) is 0 Å². The van der Waals surface area contributed by atoms with Gasteiger partial charge >= 0.3 is 12.0 Å². The second kappa shape index (κ2) is 7.36. The maximum absolute atomic E-state index is 11.8. The second-order valence-corrected chi connectivity index (χ2v) is 5.66. The van der Waals surface area contributed by atoms with Crippen molar-refractivity contribution in [1.29, 1.82) is 0 Å². The highest BCUT2D eigenvalue weighted by atomic mass is 16.4. The van der Waals surface area contributed by atoms with Crippen LogP contribution in [0.5, 0.6) is 0 Å². The van der Waals surface area contributed by atoms with Gasteiger partial charge in [-0.25, -0.2) is 4.79 Å². The molecule has 0 aliphatic heterocycles. The zero-order valence-corrected chi connectivity index (χ0v) is 12.1. The maximum Gasteiger partial charge on any atom is 0.315 e. The van der Waals surface area contributed by atoms with Crippen LogP contribution < -0.4 is 10.6 Å². The Bertz CT molecular complexity index is 312. The van der Waals surface area contributed by atoms with Crippen molar-refractivity contribution in [2.75, 3.05) is 0 Å². The van der Waals surface area contributed by atoms with Gasteiger partial charge in [-0.2, -0.15) is 0 Å². The number of carbonyl (C=O) groups excluding carboxylic acids is 1. The lowest BCUT2D eigenvalue weighted by atomic mass is 9.84. The Kier molecular flexibility index (Phi) is 6.12. The van der Waals surface area contributed by atoms with Gasteiger partial charge in [0.1, 0.15) is 0 Å². The summed E-state index contributed by atoms with van der Waals surface area (Å²) < 4.78 is 0. The number of urea groups is 1. The molecule has 5 nitrogen and oxygen atoms in total. The maximum atomic E-state index is 11.8. The topological polar surface area (TPSA) is 78.4 Å². The molecule has 1 saturated carbocycles. The molecule has 1 aliphatic carbocycles. The molecule has 2 atom stereocenters. The molecule has 110 valence electrons. The summed E-state index contributed by atoms with van der Waals surface area (Å²) >= 11 is 0. The summed E-state index contributed by atoms with van der Waals surface area (Å²) in [5.74, 6) is -0.676. The summed E-state index contributed by atoms with van der Waals surface area (Å²) in [6.45, 7) is 5.52. The largest absolute Gasteiger partial charge is 0.481 e. The van der Waals surface area contributed by atoms with Crippen molar-refractivity contribution in [2.45, 2.75) is 65.0 Å². The van der Waals surface area contributed by atoms with Crippen LogP contribution >= 0.6 is 0 Å². The first kappa shape index (κ1) is 15.8. The number of hydrogen-bond donors (Lipinski definition) is 3. The molecule has 0 spiro atoms. The van der Waals surface area contributed by atoms with E-state index in [0.717, 1.165) is 18.8 Å².